The van der Waals surface area contributed by atoms with Gasteiger partial charge in [-0.1, -0.05) is 135 Å². The molecule has 0 spiro atoms. The minimum absolute atomic E-state index is 0.852. The largest absolute Gasteiger partial charge is 0.456 e. The lowest BCUT2D eigenvalue weighted by Gasteiger charge is -2.28. The van der Waals surface area contributed by atoms with Crippen molar-refractivity contribution in [3.8, 4) is 22.3 Å². The summed E-state index contributed by atoms with van der Waals surface area (Å²) >= 11 is 0. The summed E-state index contributed by atoms with van der Waals surface area (Å²) in [4.78, 5) is 4.80. The number of hydrogen-bond donors (Lipinski definition) is 0. The normalized spacial score (nSPS) is 14.1. The minimum atomic E-state index is -1.89. The van der Waals surface area contributed by atoms with Gasteiger partial charge in [-0.2, -0.15) is 0 Å². The molecule has 2 aliphatic heterocycles. The monoisotopic (exact) mass is 956 g/mol. The lowest BCUT2D eigenvalue weighted by Crippen LogP contribution is -2.49. The van der Waals surface area contributed by atoms with Crippen molar-refractivity contribution in [2.24, 2.45) is 0 Å². The van der Waals surface area contributed by atoms with Gasteiger partial charge in [0.1, 0.15) is 38.5 Å². The molecule has 4 nitrogen and oxygen atoms in total. The first-order valence-electron chi connectivity index (χ1n) is 25.1. The highest BCUT2D eigenvalue weighted by atomic mass is 28.3. The molecule has 0 unspecified atom stereocenters. The molecule has 342 valence electrons. The molecule has 0 fully saturated rings. The number of benzene rings is 11. The van der Waals surface area contributed by atoms with E-state index >= 15 is 0 Å². The van der Waals surface area contributed by atoms with Crippen molar-refractivity contribution >= 4 is 136 Å². The van der Waals surface area contributed by atoms with Crippen molar-refractivity contribution in [2.45, 2.75) is 26.2 Å². The van der Waals surface area contributed by atoms with Gasteiger partial charge in [-0.15, -0.1) is 0 Å². The quantitative estimate of drug-likeness (QED) is 0.156. The smallest absolute Gasteiger partial charge is 0.136 e. The number of furan rings is 2. The standard InChI is InChI=1S/C66H48N2O2Si2/c1-71(2)61-21-13-11-19-51(61)53-29-27-49(39-63(53)71)67(45-15-7-5-8-16-45)47-25-23-41-35-55-59(37-43(41)33-47)69-57-31-32-58-66(65(55)57)56-36-42-24-26-48(34-44(42)38-60(56)70-58)68(46-17-9-6-10-18-46)50-28-30-54-52-20-12-14-22-62(52)72(3,4)64(54)40-50/h5-40H,1-4H3. The molecule has 2 aliphatic rings. The summed E-state index contributed by atoms with van der Waals surface area (Å²) in [6.07, 6.45) is 0. The number of anilines is 6. The Morgan fingerprint density at radius 1 is 0.278 bits per heavy atom. The third-order valence-electron chi connectivity index (χ3n) is 16.1. The Morgan fingerprint density at radius 2 is 0.653 bits per heavy atom. The van der Waals surface area contributed by atoms with Crippen LogP contribution in [0.5, 0.6) is 0 Å². The fraction of sp³-hybridized carbons (Fsp3) is 0.0606. The van der Waals surface area contributed by atoms with Crippen molar-refractivity contribution in [1.29, 1.82) is 0 Å². The van der Waals surface area contributed by atoms with E-state index in [0.29, 0.717) is 0 Å². The van der Waals surface area contributed by atoms with Crippen LogP contribution in [0, 0.1) is 0 Å². The van der Waals surface area contributed by atoms with Gasteiger partial charge in [0, 0.05) is 55.7 Å². The molecule has 0 radical (unpaired) electrons. The van der Waals surface area contributed by atoms with E-state index < -0.39 is 16.1 Å². The fourth-order valence-electron chi connectivity index (χ4n) is 12.6. The van der Waals surface area contributed by atoms with Crippen molar-refractivity contribution in [3.63, 3.8) is 0 Å². The molecule has 0 saturated carbocycles. The van der Waals surface area contributed by atoms with Crippen LogP contribution in [-0.4, -0.2) is 16.1 Å². The molecule has 11 aromatic carbocycles. The summed E-state index contributed by atoms with van der Waals surface area (Å²) < 4.78 is 13.6. The topological polar surface area (TPSA) is 32.8 Å². The highest BCUT2D eigenvalue weighted by molar-refractivity contribution is 7.04. The molecule has 0 aliphatic carbocycles. The van der Waals surface area contributed by atoms with Crippen LogP contribution in [0.1, 0.15) is 0 Å². The van der Waals surface area contributed by atoms with E-state index in [-0.39, 0.29) is 0 Å². The zero-order valence-corrected chi connectivity index (χ0v) is 42.5. The predicted octanol–water partition coefficient (Wildman–Crippen LogP) is 16.3. The van der Waals surface area contributed by atoms with E-state index in [2.05, 4.69) is 254 Å². The summed E-state index contributed by atoms with van der Waals surface area (Å²) in [5, 5.41) is 14.9. The molecule has 72 heavy (non-hydrogen) atoms. The van der Waals surface area contributed by atoms with Crippen LogP contribution < -0.4 is 30.5 Å². The minimum Gasteiger partial charge on any atom is -0.456 e. The van der Waals surface area contributed by atoms with E-state index in [1.54, 1.807) is 0 Å². The van der Waals surface area contributed by atoms with E-state index in [4.69, 9.17) is 8.83 Å². The Hall–Kier alpha value is -8.43. The van der Waals surface area contributed by atoms with Gasteiger partial charge in [0.2, 0.25) is 0 Å². The third-order valence-corrected chi connectivity index (χ3v) is 23.2. The SMILES string of the molecule is C[Si]1(C)c2ccccc2-c2ccc(N(c3ccccc3)c3ccc4cc5c(cc4c3)oc3ccc4oc6cc7cc(N(c8ccccc8)c8ccc9c(c8)[Si](C)(C)c8ccccc8-9)ccc7cc6c4c35)cc21. The zero-order chi connectivity index (χ0) is 48.0. The molecule has 15 rings (SSSR count). The second kappa shape index (κ2) is 15.0. The molecule has 0 bridgehead atoms. The summed E-state index contributed by atoms with van der Waals surface area (Å²) in [5.41, 5.74) is 15.7. The Morgan fingerprint density at radius 3 is 1.10 bits per heavy atom. The van der Waals surface area contributed by atoms with Gasteiger partial charge in [0.15, 0.2) is 0 Å². The number of hydrogen-bond acceptors (Lipinski definition) is 4. The van der Waals surface area contributed by atoms with Crippen LogP contribution in [0.15, 0.2) is 227 Å². The molecule has 13 aromatic rings. The number of nitrogens with zero attached hydrogens (tertiary/aromatic N) is 2. The Balaban J connectivity index is 0.832. The van der Waals surface area contributed by atoms with Crippen molar-refractivity contribution in [3.05, 3.63) is 218 Å². The molecular formula is C66H48N2O2Si2. The van der Waals surface area contributed by atoms with Gasteiger partial charge >= 0.3 is 0 Å². The first kappa shape index (κ1) is 41.4. The van der Waals surface area contributed by atoms with Gasteiger partial charge in [-0.3, -0.25) is 0 Å². The summed E-state index contributed by atoms with van der Waals surface area (Å²) in [6, 6.07) is 80.6. The second-order valence-corrected chi connectivity index (χ2v) is 29.6. The first-order valence-corrected chi connectivity index (χ1v) is 31.1. The Labute approximate surface area is 419 Å². The maximum absolute atomic E-state index is 6.78. The maximum atomic E-state index is 6.78. The number of rotatable bonds is 6. The average Bonchev–Trinajstić information content (AvgIpc) is 4.09. The molecular weight excluding hydrogens is 909 g/mol. The van der Waals surface area contributed by atoms with Crippen LogP contribution in [0.2, 0.25) is 26.2 Å². The van der Waals surface area contributed by atoms with E-state index in [0.717, 1.165) is 88.2 Å². The Kier molecular flexibility index (Phi) is 8.64. The lowest BCUT2D eigenvalue weighted by molar-refractivity contribution is 0.663. The highest BCUT2D eigenvalue weighted by Crippen LogP contribution is 2.45. The highest BCUT2D eigenvalue weighted by Gasteiger charge is 2.39. The van der Waals surface area contributed by atoms with Gasteiger partial charge in [-0.25, -0.2) is 0 Å². The van der Waals surface area contributed by atoms with Crippen molar-refractivity contribution in [1.82, 2.24) is 0 Å². The molecule has 4 heterocycles. The fourth-order valence-corrected chi connectivity index (χ4v) is 18.8. The van der Waals surface area contributed by atoms with Crippen molar-refractivity contribution < 1.29 is 8.83 Å². The van der Waals surface area contributed by atoms with Crippen LogP contribution in [0.4, 0.5) is 34.1 Å². The predicted molar refractivity (Wildman–Crippen MR) is 310 cm³/mol. The van der Waals surface area contributed by atoms with Gasteiger partial charge in [0.05, 0.1) is 0 Å². The summed E-state index contributed by atoms with van der Waals surface area (Å²) in [5.74, 6) is 0. The number of para-hydroxylation sites is 2. The molecule has 6 heteroatoms. The molecule has 0 atom stereocenters. The van der Waals surface area contributed by atoms with Crippen LogP contribution >= 0.6 is 0 Å². The van der Waals surface area contributed by atoms with Crippen molar-refractivity contribution in [2.75, 3.05) is 9.80 Å². The molecule has 2 aromatic heterocycles. The average molecular weight is 957 g/mol. The zero-order valence-electron chi connectivity index (χ0n) is 40.5. The van der Waals surface area contributed by atoms with E-state index in [9.17, 15) is 0 Å². The summed E-state index contributed by atoms with van der Waals surface area (Å²) in [6.45, 7) is 9.94. The number of fused-ring (bicyclic) bond motifs is 15. The van der Waals surface area contributed by atoms with Crippen LogP contribution in [0.25, 0.3) is 87.7 Å². The van der Waals surface area contributed by atoms with Gasteiger partial charge in [0.25, 0.3) is 0 Å². The molecule has 0 saturated heterocycles. The van der Waals surface area contributed by atoms with Crippen LogP contribution in [0.3, 0.4) is 0 Å². The lowest BCUT2D eigenvalue weighted by atomic mass is 10.00. The van der Waals surface area contributed by atoms with E-state index in [1.165, 1.54) is 54.4 Å². The van der Waals surface area contributed by atoms with Gasteiger partial charge in [-0.05, 0) is 174 Å². The van der Waals surface area contributed by atoms with Gasteiger partial charge < -0.3 is 18.6 Å². The molecule has 0 N–H and O–H groups in total. The third kappa shape index (κ3) is 5.97. The van der Waals surface area contributed by atoms with E-state index in [1.807, 2.05) is 0 Å². The maximum Gasteiger partial charge on any atom is 0.136 e. The Bertz CT molecular complexity index is 4130. The first-order chi connectivity index (χ1) is 35.2. The second-order valence-electron chi connectivity index (χ2n) is 20.9. The van der Waals surface area contributed by atoms with Crippen LogP contribution in [-0.2, 0) is 0 Å². The molecule has 0 amide bonds. The summed E-state index contributed by atoms with van der Waals surface area (Å²) in [7, 11) is -3.78.